The Labute approximate surface area is 179 Å². The highest BCUT2D eigenvalue weighted by atomic mass is 16.2. The second kappa shape index (κ2) is 11.9. The lowest BCUT2D eigenvalue weighted by Crippen LogP contribution is -2.41. The summed E-state index contributed by atoms with van der Waals surface area (Å²) in [5, 5.41) is 10.1. The SMILES string of the molecule is CN=C(NCCCNc1ccccc1)NCC1CC(=O)N(CCc2ccccc2)C1. The Kier molecular flexibility index (Phi) is 8.57. The van der Waals surface area contributed by atoms with Gasteiger partial charge in [-0.25, -0.2) is 0 Å². The van der Waals surface area contributed by atoms with Crippen LogP contribution in [0.2, 0.25) is 0 Å². The molecule has 1 amide bonds. The molecule has 1 aliphatic heterocycles. The van der Waals surface area contributed by atoms with Crippen molar-refractivity contribution in [2.75, 3.05) is 45.1 Å². The smallest absolute Gasteiger partial charge is 0.223 e. The van der Waals surface area contributed by atoms with Crippen LogP contribution in [0.15, 0.2) is 65.7 Å². The highest BCUT2D eigenvalue weighted by Gasteiger charge is 2.29. The molecule has 1 heterocycles. The van der Waals surface area contributed by atoms with Gasteiger partial charge >= 0.3 is 0 Å². The van der Waals surface area contributed by atoms with Crippen LogP contribution in [0, 0.1) is 5.92 Å². The summed E-state index contributed by atoms with van der Waals surface area (Å²) in [5.41, 5.74) is 2.42. The van der Waals surface area contributed by atoms with E-state index in [2.05, 4.69) is 45.2 Å². The van der Waals surface area contributed by atoms with E-state index < -0.39 is 0 Å². The molecule has 0 saturated carbocycles. The zero-order valence-electron chi connectivity index (χ0n) is 17.8. The standard InChI is InChI=1S/C24H33N5O/c1-25-24(27-15-8-14-26-22-11-6-3-7-12-22)28-18-21-17-23(30)29(19-21)16-13-20-9-4-2-5-10-20/h2-7,9-12,21,26H,8,13-19H2,1H3,(H2,25,27,28). The molecule has 0 aliphatic carbocycles. The molecular formula is C24H33N5O. The van der Waals surface area contributed by atoms with Gasteiger partial charge in [0.1, 0.15) is 0 Å². The van der Waals surface area contributed by atoms with E-state index in [-0.39, 0.29) is 5.91 Å². The number of carbonyl (C=O) groups excluding carboxylic acids is 1. The number of hydrogen-bond donors (Lipinski definition) is 3. The second-order valence-electron chi connectivity index (χ2n) is 7.67. The lowest BCUT2D eigenvalue weighted by atomic mass is 10.1. The van der Waals surface area contributed by atoms with Crippen molar-refractivity contribution >= 4 is 17.6 Å². The lowest BCUT2D eigenvalue weighted by Gasteiger charge is -2.18. The van der Waals surface area contributed by atoms with E-state index in [1.54, 1.807) is 7.05 Å². The lowest BCUT2D eigenvalue weighted by molar-refractivity contribution is -0.127. The van der Waals surface area contributed by atoms with Crippen LogP contribution in [0.1, 0.15) is 18.4 Å². The predicted molar refractivity (Wildman–Crippen MR) is 124 cm³/mol. The molecule has 1 aliphatic rings. The summed E-state index contributed by atoms with van der Waals surface area (Å²) in [7, 11) is 1.78. The molecule has 6 nitrogen and oxygen atoms in total. The third-order valence-corrected chi connectivity index (χ3v) is 5.34. The van der Waals surface area contributed by atoms with Crippen LogP contribution < -0.4 is 16.0 Å². The van der Waals surface area contributed by atoms with Crippen LogP contribution in [0.25, 0.3) is 0 Å². The van der Waals surface area contributed by atoms with Crippen LogP contribution >= 0.6 is 0 Å². The molecule has 30 heavy (non-hydrogen) atoms. The molecule has 0 radical (unpaired) electrons. The number of nitrogens with one attached hydrogen (secondary N) is 3. The van der Waals surface area contributed by atoms with Crippen LogP contribution in [0.5, 0.6) is 0 Å². The van der Waals surface area contributed by atoms with Gasteiger partial charge in [0.25, 0.3) is 0 Å². The van der Waals surface area contributed by atoms with Gasteiger partial charge in [-0.2, -0.15) is 0 Å². The van der Waals surface area contributed by atoms with Crippen molar-refractivity contribution < 1.29 is 4.79 Å². The first-order chi connectivity index (χ1) is 14.7. The Bertz CT molecular complexity index is 794. The van der Waals surface area contributed by atoms with E-state index >= 15 is 0 Å². The average molecular weight is 408 g/mol. The average Bonchev–Trinajstić information content (AvgIpc) is 3.15. The number of aliphatic imine (C=N–C) groups is 1. The molecule has 3 rings (SSSR count). The minimum absolute atomic E-state index is 0.257. The minimum atomic E-state index is 0.257. The van der Waals surface area contributed by atoms with Crippen LogP contribution in [-0.2, 0) is 11.2 Å². The van der Waals surface area contributed by atoms with Crippen LogP contribution in [-0.4, -0.2) is 56.5 Å². The molecule has 0 spiro atoms. The maximum atomic E-state index is 12.3. The third-order valence-electron chi connectivity index (χ3n) is 5.34. The fraction of sp³-hybridized carbons (Fsp3) is 0.417. The Balaban J connectivity index is 1.30. The van der Waals surface area contributed by atoms with E-state index in [0.29, 0.717) is 12.3 Å². The molecule has 2 aromatic rings. The monoisotopic (exact) mass is 407 g/mol. The number of hydrogen-bond acceptors (Lipinski definition) is 3. The largest absolute Gasteiger partial charge is 0.385 e. The Morgan fingerprint density at radius 3 is 2.50 bits per heavy atom. The number of rotatable bonds is 10. The fourth-order valence-corrected chi connectivity index (χ4v) is 3.66. The second-order valence-corrected chi connectivity index (χ2v) is 7.67. The molecule has 0 bridgehead atoms. The Morgan fingerprint density at radius 1 is 1.03 bits per heavy atom. The Hall–Kier alpha value is -3.02. The van der Waals surface area contributed by atoms with E-state index in [1.807, 2.05) is 41.3 Å². The van der Waals surface area contributed by atoms with Gasteiger partial charge in [-0.1, -0.05) is 48.5 Å². The van der Waals surface area contributed by atoms with Gasteiger partial charge in [-0.15, -0.1) is 0 Å². The first-order valence-corrected chi connectivity index (χ1v) is 10.8. The van der Waals surface area contributed by atoms with Crippen molar-refractivity contribution in [3.05, 3.63) is 66.2 Å². The molecule has 3 N–H and O–H groups in total. The summed E-state index contributed by atoms with van der Waals surface area (Å²) in [4.78, 5) is 18.6. The third kappa shape index (κ3) is 7.10. The van der Waals surface area contributed by atoms with Crippen LogP contribution in [0.4, 0.5) is 5.69 Å². The van der Waals surface area contributed by atoms with Crippen molar-refractivity contribution in [2.24, 2.45) is 10.9 Å². The molecule has 6 heteroatoms. The van der Waals surface area contributed by atoms with Crippen molar-refractivity contribution in [1.82, 2.24) is 15.5 Å². The molecule has 2 aromatic carbocycles. The van der Waals surface area contributed by atoms with E-state index in [1.165, 1.54) is 5.56 Å². The molecule has 1 unspecified atom stereocenters. The fourth-order valence-electron chi connectivity index (χ4n) is 3.66. The van der Waals surface area contributed by atoms with Gasteiger partial charge in [-0.3, -0.25) is 9.79 Å². The highest BCUT2D eigenvalue weighted by Crippen LogP contribution is 2.17. The molecular weight excluding hydrogens is 374 g/mol. The van der Waals surface area contributed by atoms with Crippen LogP contribution in [0.3, 0.4) is 0 Å². The maximum Gasteiger partial charge on any atom is 0.223 e. The predicted octanol–water partition coefficient (Wildman–Crippen LogP) is 2.74. The van der Waals surface area contributed by atoms with Gasteiger partial charge < -0.3 is 20.9 Å². The summed E-state index contributed by atoms with van der Waals surface area (Å²) in [6, 6.07) is 20.6. The van der Waals surface area contributed by atoms with E-state index in [4.69, 9.17) is 0 Å². The number of likely N-dealkylation sites (tertiary alicyclic amines) is 1. The van der Waals surface area contributed by atoms with E-state index in [9.17, 15) is 4.79 Å². The summed E-state index contributed by atoms with van der Waals surface area (Å²) < 4.78 is 0. The van der Waals surface area contributed by atoms with Crippen molar-refractivity contribution in [3.8, 4) is 0 Å². The Morgan fingerprint density at radius 2 is 1.77 bits per heavy atom. The molecule has 1 atom stereocenters. The van der Waals surface area contributed by atoms with E-state index in [0.717, 1.165) is 57.2 Å². The topological polar surface area (TPSA) is 68.8 Å². The van der Waals surface area contributed by atoms with Gasteiger partial charge in [-0.05, 0) is 30.5 Å². The summed E-state index contributed by atoms with van der Waals surface area (Å²) in [6.07, 6.45) is 2.51. The number of guanidine groups is 1. The van der Waals surface area contributed by atoms with Gasteiger partial charge in [0.05, 0.1) is 0 Å². The van der Waals surface area contributed by atoms with Crippen molar-refractivity contribution in [1.29, 1.82) is 0 Å². The van der Waals surface area contributed by atoms with Gasteiger partial charge in [0.15, 0.2) is 5.96 Å². The molecule has 0 aromatic heterocycles. The number of carbonyl (C=O) groups is 1. The quantitative estimate of drug-likeness (QED) is 0.322. The highest BCUT2D eigenvalue weighted by molar-refractivity contribution is 5.80. The summed E-state index contributed by atoms with van der Waals surface area (Å²) >= 11 is 0. The zero-order valence-corrected chi connectivity index (χ0v) is 17.8. The maximum absolute atomic E-state index is 12.3. The summed E-state index contributed by atoms with van der Waals surface area (Å²) in [6.45, 7) is 4.11. The molecule has 1 saturated heterocycles. The number of anilines is 1. The van der Waals surface area contributed by atoms with Gasteiger partial charge in [0.2, 0.25) is 5.91 Å². The van der Waals surface area contributed by atoms with Crippen molar-refractivity contribution in [3.63, 3.8) is 0 Å². The zero-order chi connectivity index (χ0) is 21.0. The first-order valence-electron chi connectivity index (χ1n) is 10.8. The van der Waals surface area contributed by atoms with Crippen molar-refractivity contribution in [2.45, 2.75) is 19.3 Å². The number of amides is 1. The minimum Gasteiger partial charge on any atom is -0.385 e. The normalized spacial score (nSPS) is 16.6. The molecule has 1 fully saturated rings. The summed E-state index contributed by atoms with van der Waals surface area (Å²) in [5.74, 6) is 1.38. The number of para-hydroxylation sites is 1. The number of benzene rings is 2. The number of nitrogens with zero attached hydrogens (tertiary/aromatic N) is 2. The first kappa shape index (κ1) is 21.7. The van der Waals surface area contributed by atoms with Gasteiger partial charge in [0, 0.05) is 57.8 Å². The molecule has 160 valence electrons.